The molecule has 0 spiro atoms. The minimum absolute atomic E-state index is 0.424. The van der Waals surface area contributed by atoms with Gasteiger partial charge in [0.2, 0.25) is 0 Å². The molecular formula is C10H9N3O. The van der Waals surface area contributed by atoms with E-state index < -0.39 is 0 Å². The predicted molar refractivity (Wildman–Crippen MR) is 51.5 cm³/mol. The first-order valence-corrected chi connectivity index (χ1v) is 4.24. The SMILES string of the molecule is Cc1cc(C=O)nn1-c1ccccn1. The van der Waals surface area contributed by atoms with Crippen LogP contribution in [0.15, 0.2) is 30.5 Å². The van der Waals surface area contributed by atoms with Crippen molar-refractivity contribution < 1.29 is 4.79 Å². The van der Waals surface area contributed by atoms with Crippen LogP contribution in [0.4, 0.5) is 0 Å². The topological polar surface area (TPSA) is 47.8 Å². The molecular weight excluding hydrogens is 178 g/mol. The Morgan fingerprint density at radius 2 is 2.29 bits per heavy atom. The molecule has 2 heterocycles. The van der Waals surface area contributed by atoms with E-state index in [1.54, 1.807) is 16.9 Å². The smallest absolute Gasteiger partial charge is 0.170 e. The minimum atomic E-state index is 0.424. The summed E-state index contributed by atoms with van der Waals surface area (Å²) in [4.78, 5) is 14.6. The second-order valence-electron chi connectivity index (χ2n) is 2.93. The van der Waals surface area contributed by atoms with Crippen molar-refractivity contribution in [3.63, 3.8) is 0 Å². The number of aromatic nitrogens is 3. The standard InChI is InChI=1S/C10H9N3O/c1-8-6-9(7-14)12-13(8)10-4-2-3-5-11-10/h2-7H,1H3. The van der Waals surface area contributed by atoms with E-state index in [1.807, 2.05) is 25.1 Å². The van der Waals surface area contributed by atoms with Crippen molar-refractivity contribution >= 4 is 6.29 Å². The number of aldehydes is 1. The molecule has 0 aliphatic heterocycles. The molecule has 4 heteroatoms. The average Bonchev–Trinajstić information content (AvgIpc) is 2.61. The largest absolute Gasteiger partial charge is 0.296 e. The van der Waals surface area contributed by atoms with Crippen LogP contribution in [-0.2, 0) is 0 Å². The van der Waals surface area contributed by atoms with Gasteiger partial charge in [0.15, 0.2) is 12.1 Å². The van der Waals surface area contributed by atoms with Crippen LogP contribution >= 0.6 is 0 Å². The number of hydrogen-bond acceptors (Lipinski definition) is 3. The first-order chi connectivity index (χ1) is 6.81. The summed E-state index contributed by atoms with van der Waals surface area (Å²) in [6, 6.07) is 7.28. The molecule has 0 aromatic carbocycles. The van der Waals surface area contributed by atoms with Gasteiger partial charge in [0, 0.05) is 11.9 Å². The number of aryl methyl sites for hydroxylation is 1. The van der Waals surface area contributed by atoms with Gasteiger partial charge < -0.3 is 0 Å². The molecule has 2 aromatic heterocycles. The number of pyridine rings is 1. The lowest BCUT2D eigenvalue weighted by Crippen LogP contribution is -2.01. The van der Waals surface area contributed by atoms with Crippen LogP contribution in [0.25, 0.3) is 5.82 Å². The zero-order chi connectivity index (χ0) is 9.97. The molecule has 0 radical (unpaired) electrons. The molecule has 0 atom stereocenters. The van der Waals surface area contributed by atoms with E-state index in [2.05, 4.69) is 10.1 Å². The number of carbonyl (C=O) groups is 1. The molecule has 0 N–H and O–H groups in total. The van der Waals surface area contributed by atoms with E-state index in [0.29, 0.717) is 5.69 Å². The molecule has 14 heavy (non-hydrogen) atoms. The maximum absolute atomic E-state index is 10.5. The Morgan fingerprint density at radius 1 is 1.43 bits per heavy atom. The van der Waals surface area contributed by atoms with Crippen molar-refractivity contribution in [2.24, 2.45) is 0 Å². The summed E-state index contributed by atoms with van der Waals surface area (Å²) in [5.74, 6) is 0.720. The molecule has 0 saturated carbocycles. The molecule has 0 unspecified atom stereocenters. The Bertz CT molecular complexity index is 448. The summed E-state index contributed by atoms with van der Waals surface area (Å²) < 4.78 is 1.64. The first-order valence-electron chi connectivity index (χ1n) is 4.24. The van der Waals surface area contributed by atoms with Gasteiger partial charge in [0.1, 0.15) is 5.69 Å². The fourth-order valence-corrected chi connectivity index (χ4v) is 1.27. The molecule has 0 saturated heterocycles. The van der Waals surface area contributed by atoms with Crippen LogP contribution < -0.4 is 0 Å². The molecule has 70 valence electrons. The van der Waals surface area contributed by atoms with Crippen LogP contribution in [0.5, 0.6) is 0 Å². The van der Waals surface area contributed by atoms with Crippen molar-refractivity contribution in [3.8, 4) is 5.82 Å². The van der Waals surface area contributed by atoms with Crippen molar-refractivity contribution in [2.45, 2.75) is 6.92 Å². The van der Waals surface area contributed by atoms with Crippen LogP contribution in [0.3, 0.4) is 0 Å². The Balaban J connectivity index is 2.51. The molecule has 0 amide bonds. The highest BCUT2D eigenvalue weighted by Crippen LogP contribution is 2.07. The molecule has 0 aliphatic rings. The lowest BCUT2D eigenvalue weighted by Gasteiger charge is -2.00. The third-order valence-corrected chi connectivity index (χ3v) is 1.89. The lowest BCUT2D eigenvalue weighted by molar-refractivity contribution is 0.111. The highest BCUT2D eigenvalue weighted by molar-refractivity contribution is 5.71. The third-order valence-electron chi connectivity index (χ3n) is 1.89. The van der Waals surface area contributed by atoms with Gasteiger partial charge in [-0.1, -0.05) is 6.07 Å². The Morgan fingerprint density at radius 3 is 2.86 bits per heavy atom. The van der Waals surface area contributed by atoms with Crippen LogP contribution in [0.1, 0.15) is 16.2 Å². The fraction of sp³-hybridized carbons (Fsp3) is 0.100. The molecule has 0 aliphatic carbocycles. The van der Waals surface area contributed by atoms with Gasteiger partial charge >= 0.3 is 0 Å². The van der Waals surface area contributed by atoms with E-state index >= 15 is 0 Å². The highest BCUT2D eigenvalue weighted by atomic mass is 16.1. The summed E-state index contributed by atoms with van der Waals surface area (Å²) in [7, 11) is 0. The van der Waals surface area contributed by atoms with Crippen LogP contribution in [0.2, 0.25) is 0 Å². The van der Waals surface area contributed by atoms with Gasteiger partial charge in [-0.15, -0.1) is 0 Å². The predicted octanol–water partition coefficient (Wildman–Crippen LogP) is 1.39. The number of nitrogens with zero attached hydrogens (tertiary/aromatic N) is 3. The fourth-order valence-electron chi connectivity index (χ4n) is 1.27. The molecule has 0 bridgehead atoms. The van der Waals surface area contributed by atoms with Crippen molar-refractivity contribution in [1.82, 2.24) is 14.8 Å². The summed E-state index contributed by atoms with van der Waals surface area (Å²) >= 11 is 0. The van der Waals surface area contributed by atoms with Crippen LogP contribution in [0, 0.1) is 6.92 Å². The number of rotatable bonds is 2. The second kappa shape index (κ2) is 3.41. The quantitative estimate of drug-likeness (QED) is 0.667. The van der Waals surface area contributed by atoms with Gasteiger partial charge in [0.25, 0.3) is 0 Å². The normalized spacial score (nSPS) is 10.1. The summed E-state index contributed by atoms with van der Waals surface area (Å²) in [6.45, 7) is 1.88. The van der Waals surface area contributed by atoms with E-state index in [-0.39, 0.29) is 0 Å². The Labute approximate surface area is 81.2 Å². The van der Waals surface area contributed by atoms with Crippen molar-refractivity contribution in [3.05, 3.63) is 41.9 Å². The third kappa shape index (κ3) is 1.42. The van der Waals surface area contributed by atoms with E-state index in [9.17, 15) is 4.79 Å². The maximum Gasteiger partial charge on any atom is 0.170 e. The molecule has 4 nitrogen and oxygen atoms in total. The summed E-state index contributed by atoms with van der Waals surface area (Å²) in [5.41, 5.74) is 1.32. The van der Waals surface area contributed by atoms with Gasteiger partial charge in [-0.05, 0) is 25.1 Å². The van der Waals surface area contributed by atoms with Crippen molar-refractivity contribution in [1.29, 1.82) is 0 Å². The summed E-state index contributed by atoms with van der Waals surface area (Å²) in [6.07, 6.45) is 2.42. The Kier molecular flexibility index (Phi) is 2.10. The minimum Gasteiger partial charge on any atom is -0.296 e. The first kappa shape index (κ1) is 8.62. The highest BCUT2D eigenvalue weighted by Gasteiger charge is 2.04. The average molecular weight is 187 g/mol. The van der Waals surface area contributed by atoms with E-state index in [4.69, 9.17) is 0 Å². The van der Waals surface area contributed by atoms with Gasteiger partial charge in [-0.25, -0.2) is 9.67 Å². The number of hydrogen-bond donors (Lipinski definition) is 0. The summed E-state index contributed by atoms with van der Waals surface area (Å²) in [5, 5.41) is 4.08. The van der Waals surface area contributed by atoms with E-state index in [1.165, 1.54) is 0 Å². The lowest BCUT2D eigenvalue weighted by atomic mass is 10.4. The second-order valence-corrected chi connectivity index (χ2v) is 2.93. The number of carbonyl (C=O) groups excluding carboxylic acids is 1. The molecule has 2 aromatic rings. The Hall–Kier alpha value is -1.97. The van der Waals surface area contributed by atoms with Gasteiger partial charge in [-0.3, -0.25) is 4.79 Å². The van der Waals surface area contributed by atoms with Gasteiger partial charge in [-0.2, -0.15) is 5.10 Å². The van der Waals surface area contributed by atoms with Crippen molar-refractivity contribution in [2.75, 3.05) is 0 Å². The van der Waals surface area contributed by atoms with Gasteiger partial charge in [0.05, 0.1) is 0 Å². The van der Waals surface area contributed by atoms with E-state index in [0.717, 1.165) is 17.8 Å². The van der Waals surface area contributed by atoms with Crippen LogP contribution in [-0.4, -0.2) is 21.1 Å². The molecule has 2 rings (SSSR count). The molecule has 0 fully saturated rings. The zero-order valence-corrected chi connectivity index (χ0v) is 7.71. The maximum atomic E-state index is 10.5. The zero-order valence-electron chi connectivity index (χ0n) is 7.71. The monoisotopic (exact) mass is 187 g/mol.